The second-order valence-corrected chi connectivity index (χ2v) is 4.70. The summed E-state index contributed by atoms with van der Waals surface area (Å²) in [5, 5.41) is 2.80. The largest absolute Gasteiger partial charge is 0.315 e. The van der Waals surface area contributed by atoms with Gasteiger partial charge in [0.05, 0.1) is 5.25 Å². The molecule has 1 rings (SSSR count). The molecule has 66 valence electrons. The smallest absolute Gasteiger partial charge is 0.215 e. The van der Waals surface area contributed by atoms with Crippen molar-refractivity contribution in [3.05, 3.63) is 0 Å². The van der Waals surface area contributed by atoms with E-state index in [0.717, 1.165) is 13.0 Å². The summed E-state index contributed by atoms with van der Waals surface area (Å²) in [4.78, 5) is 0. The van der Waals surface area contributed by atoms with Crippen molar-refractivity contribution >= 4 is 10.0 Å². The summed E-state index contributed by atoms with van der Waals surface area (Å²) < 4.78 is 25.1. The van der Waals surface area contributed by atoms with Crippen LogP contribution in [0.1, 0.15) is 13.3 Å². The van der Waals surface area contributed by atoms with E-state index in [0.29, 0.717) is 13.1 Å². The lowest BCUT2D eigenvalue weighted by atomic mass is 10.4. The number of nitrogens with one attached hydrogen (secondary N) is 2. The molecular formula is C6H14N2O2S. The third-order valence-electron chi connectivity index (χ3n) is 1.80. The molecule has 1 atom stereocenters. The fraction of sp³-hybridized carbons (Fsp3) is 1.00. The van der Waals surface area contributed by atoms with E-state index in [-0.39, 0.29) is 5.25 Å². The Morgan fingerprint density at radius 3 is 2.82 bits per heavy atom. The lowest BCUT2D eigenvalue weighted by Gasteiger charge is -2.09. The van der Waals surface area contributed by atoms with Gasteiger partial charge in [0.25, 0.3) is 0 Å². The van der Waals surface area contributed by atoms with Crippen molar-refractivity contribution in [2.75, 3.05) is 19.6 Å². The molecule has 1 aliphatic rings. The van der Waals surface area contributed by atoms with Gasteiger partial charge in [-0.25, -0.2) is 13.1 Å². The van der Waals surface area contributed by atoms with Crippen LogP contribution in [0.3, 0.4) is 0 Å². The van der Waals surface area contributed by atoms with E-state index < -0.39 is 10.0 Å². The first kappa shape index (κ1) is 8.96. The van der Waals surface area contributed by atoms with Gasteiger partial charge in [-0.2, -0.15) is 0 Å². The lowest BCUT2D eigenvalue weighted by molar-refractivity contribution is 0.570. The summed E-state index contributed by atoms with van der Waals surface area (Å²) in [6, 6.07) is 0. The summed E-state index contributed by atoms with van der Waals surface area (Å²) in [5.41, 5.74) is 0. The highest BCUT2D eigenvalue weighted by Crippen LogP contribution is 2.07. The van der Waals surface area contributed by atoms with Crippen LogP contribution in [-0.4, -0.2) is 33.3 Å². The van der Waals surface area contributed by atoms with Crippen LogP contribution in [-0.2, 0) is 10.0 Å². The van der Waals surface area contributed by atoms with Crippen molar-refractivity contribution in [1.82, 2.24) is 10.0 Å². The maximum absolute atomic E-state index is 11.3. The fourth-order valence-corrected chi connectivity index (χ4v) is 2.62. The molecular weight excluding hydrogens is 164 g/mol. The average molecular weight is 178 g/mol. The Bertz CT molecular complexity index is 207. The first-order chi connectivity index (χ1) is 5.17. The van der Waals surface area contributed by atoms with Crippen LogP contribution < -0.4 is 10.0 Å². The van der Waals surface area contributed by atoms with Crippen LogP contribution in [0.5, 0.6) is 0 Å². The molecule has 1 fully saturated rings. The van der Waals surface area contributed by atoms with E-state index in [1.165, 1.54) is 0 Å². The van der Waals surface area contributed by atoms with E-state index in [1.54, 1.807) is 6.92 Å². The summed E-state index contributed by atoms with van der Waals surface area (Å²) in [6.07, 6.45) is 0.731. The van der Waals surface area contributed by atoms with Gasteiger partial charge in [-0.05, 0) is 13.0 Å². The van der Waals surface area contributed by atoms with Crippen LogP contribution in [0, 0.1) is 0 Å². The van der Waals surface area contributed by atoms with Gasteiger partial charge < -0.3 is 5.32 Å². The molecule has 0 radical (unpaired) electrons. The predicted molar refractivity (Wildman–Crippen MR) is 43.9 cm³/mol. The van der Waals surface area contributed by atoms with Gasteiger partial charge in [-0.1, -0.05) is 6.92 Å². The molecule has 4 nitrogen and oxygen atoms in total. The van der Waals surface area contributed by atoms with E-state index >= 15 is 0 Å². The van der Waals surface area contributed by atoms with Crippen molar-refractivity contribution in [2.24, 2.45) is 0 Å². The highest BCUT2D eigenvalue weighted by molar-refractivity contribution is 7.90. The van der Waals surface area contributed by atoms with Gasteiger partial charge in [0.15, 0.2) is 0 Å². The zero-order chi connectivity index (χ0) is 8.32. The van der Waals surface area contributed by atoms with Crippen LogP contribution in [0.25, 0.3) is 0 Å². The summed E-state index contributed by atoms with van der Waals surface area (Å²) in [6.45, 7) is 3.68. The topological polar surface area (TPSA) is 58.2 Å². The van der Waals surface area contributed by atoms with Crippen molar-refractivity contribution in [3.63, 3.8) is 0 Å². The molecule has 5 heteroatoms. The van der Waals surface area contributed by atoms with Gasteiger partial charge in [0.2, 0.25) is 10.0 Å². The minimum atomic E-state index is -3.02. The summed E-state index contributed by atoms with van der Waals surface area (Å²) in [5.74, 6) is 0. The second-order valence-electron chi connectivity index (χ2n) is 2.66. The van der Waals surface area contributed by atoms with E-state index in [1.807, 2.05) is 0 Å². The predicted octanol–water partition coefficient (Wildman–Crippen LogP) is -0.712. The normalized spacial score (nSPS) is 25.7. The fourth-order valence-electron chi connectivity index (χ4n) is 1.21. The second kappa shape index (κ2) is 3.51. The van der Waals surface area contributed by atoms with Gasteiger partial charge >= 0.3 is 0 Å². The molecule has 11 heavy (non-hydrogen) atoms. The Balaban J connectivity index is 2.56. The van der Waals surface area contributed by atoms with Crippen molar-refractivity contribution in [1.29, 1.82) is 0 Å². The molecule has 0 bridgehead atoms. The summed E-state index contributed by atoms with van der Waals surface area (Å²) >= 11 is 0. The number of sulfonamides is 1. The first-order valence-corrected chi connectivity index (χ1v) is 5.40. The van der Waals surface area contributed by atoms with Crippen LogP contribution in [0.4, 0.5) is 0 Å². The van der Waals surface area contributed by atoms with Gasteiger partial charge in [-0.15, -0.1) is 0 Å². The average Bonchev–Trinajstić information content (AvgIpc) is 2.37. The van der Waals surface area contributed by atoms with E-state index in [2.05, 4.69) is 10.0 Å². The molecule has 0 aromatic carbocycles. The molecule has 1 aliphatic heterocycles. The quantitative estimate of drug-likeness (QED) is 0.600. The number of hydrogen-bond acceptors (Lipinski definition) is 3. The van der Waals surface area contributed by atoms with Crippen molar-refractivity contribution in [2.45, 2.75) is 18.6 Å². The SMILES string of the molecule is CCNS(=O)(=O)[C@H]1CCNC1. The number of rotatable bonds is 3. The zero-order valence-electron chi connectivity index (χ0n) is 6.63. The highest BCUT2D eigenvalue weighted by atomic mass is 32.2. The van der Waals surface area contributed by atoms with E-state index in [9.17, 15) is 8.42 Å². The molecule has 1 heterocycles. The van der Waals surface area contributed by atoms with Crippen LogP contribution in [0.2, 0.25) is 0 Å². The number of hydrogen-bond donors (Lipinski definition) is 2. The molecule has 2 N–H and O–H groups in total. The molecule has 0 amide bonds. The molecule has 0 aromatic rings. The molecule has 0 spiro atoms. The molecule has 0 saturated carbocycles. The standard InChI is InChI=1S/C6H14N2O2S/c1-2-8-11(9,10)6-3-4-7-5-6/h6-8H,2-5H2,1H3/t6-/m0/s1. The third kappa shape index (κ3) is 2.15. The third-order valence-corrected chi connectivity index (χ3v) is 3.77. The molecule has 0 unspecified atom stereocenters. The Morgan fingerprint density at radius 2 is 2.36 bits per heavy atom. The van der Waals surface area contributed by atoms with Crippen LogP contribution in [0.15, 0.2) is 0 Å². The van der Waals surface area contributed by atoms with E-state index in [4.69, 9.17) is 0 Å². The molecule has 0 aromatic heterocycles. The minimum Gasteiger partial charge on any atom is -0.315 e. The maximum Gasteiger partial charge on any atom is 0.215 e. The van der Waals surface area contributed by atoms with Crippen LogP contribution >= 0.6 is 0 Å². The lowest BCUT2D eigenvalue weighted by Crippen LogP contribution is -2.35. The Morgan fingerprint density at radius 1 is 1.64 bits per heavy atom. The molecule has 0 aliphatic carbocycles. The zero-order valence-corrected chi connectivity index (χ0v) is 7.45. The minimum absolute atomic E-state index is 0.220. The van der Waals surface area contributed by atoms with Crippen molar-refractivity contribution < 1.29 is 8.42 Å². The van der Waals surface area contributed by atoms with Gasteiger partial charge in [0.1, 0.15) is 0 Å². The van der Waals surface area contributed by atoms with Gasteiger partial charge in [-0.3, -0.25) is 0 Å². The maximum atomic E-state index is 11.3. The first-order valence-electron chi connectivity index (χ1n) is 3.86. The summed E-state index contributed by atoms with van der Waals surface area (Å²) in [7, 11) is -3.02. The Labute approximate surface area is 67.4 Å². The monoisotopic (exact) mass is 178 g/mol. The van der Waals surface area contributed by atoms with Crippen molar-refractivity contribution in [3.8, 4) is 0 Å². The van der Waals surface area contributed by atoms with Gasteiger partial charge in [0, 0.05) is 13.1 Å². The molecule has 1 saturated heterocycles. The highest BCUT2D eigenvalue weighted by Gasteiger charge is 2.27. The Hall–Kier alpha value is -0.130. The Kier molecular flexibility index (Phi) is 2.86.